The maximum Gasteiger partial charge on any atom is 0.154 e. The topological polar surface area (TPSA) is 47.6 Å². The van der Waals surface area contributed by atoms with E-state index in [1.807, 2.05) is 23.8 Å². The Bertz CT molecular complexity index is 193. The molecular weight excluding hydrogens is 144 g/mol. The first-order valence-electron chi connectivity index (χ1n) is 2.75. The molecule has 52 valence electrons. The van der Waals surface area contributed by atoms with Gasteiger partial charge in [-0.15, -0.1) is 11.8 Å². The van der Waals surface area contributed by atoms with Crippen molar-refractivity contribution >= 4 is 11.8 Å². The number of nitriles is 2. The summed E-state index contributed by atoms with van der Waals surface area (Å²) in [5, 5.41) is 18.6. The Labute approximate surface area is 65.1 Å². The van der Waals surface area contributed by atoms with Crippen LogP contribution in [0.2, 0.25) is 0 Å². The highest BCUT2D eigenvalue weighted by molar-refractivity contribution is 8.01. The van der Waals surface area contributed by atoms with Crippen molar-refractivity contribution in [2.24, 2.45) is 5.92 Å². The summed E-state index contributed by atoms with van der Waals surface area (Å²) in [5.74, 6) is -0.576. The molecule has 0 aliphatic rings. The van der Waals surface area contributed by atoms with Crippen LogP contribution in [0.15, 0.2) is 11.0 Å². The number of thioether (sulfide) groups is 1. The van der Waals surface area contributed by atoms with Crippen LogP contribution in [0.4, 0.5) is 0 Å². The Morgan fingerprint density at radius 1 is 1.50 bits per heavy atom. The molecule has 0 radical (unpaired) electrons. The predicted octanol–water partition coefficient (Wildman–Crippen LogP) is 1.92. The lowest BCUT2D eigenvalue weighted by atomic mass is 10.1. The Morgan fingerprint density at radius 3 is 2.30 bits per heavy atom. The third-order valence-corrected chi connectivity index (χ3v) is 1.62. The zero-order chi connectivity index (χ0) is 7.98. The van der Waals surface area contributed by atoms with E-state index in [4.69, 9.17) is 10.5 Å². The fourth-order valence-corrected chi connectivity index (χ4v) is 0.994. The van der Waals surface area contributed by atoms with Gasteiger partial charge in [-0.25, -0.2) is 0 Å². The molecule has 0 aliphatic carbocycles. The molecule has 0 heterocycles. The monoisotopic (exact) mass is 152 g/mol. The van der Waals surface area contributed by atoms with Crippen LogP contribution in [0.5, 0.6) is 0 Å². The summed E-state index contributed by atoms with van der Waals surface area (Å²) in [7, 11) is 0. The van der Waals surface area contributed by atoms with Gasteiger partial charge in [0.1, 0.15) is 0 Å². The van der Waals surface area contributed by atoms with Gasteiger partial charge in [0, 0.05) is 0 Å². The number of hydrogen-bond acceptors (Lipinski definition) is 3. The Hall–Kier alpha value is -0.930. The average Bonchev–Trinajstić information content (AvgIpc) is 1.91. The molecule has 0 aromatic rings. The van der Waals surface area contributed by atoms with Gasteiger partial charge >= 0.3 is 0 Å². The highest BCUT2D eigenvalue weighted by Crippen LogP contribution is 2.11. The van der Waals surface area contributed by atoms with Crippen LogP contribution < -0.4 is 0 Å². The molecule has 0 N–H and O–H groups in total. The molecule has 0 saturated carbocycles. The Morgan fingerprint density at radius 2 is 2.00 bits per heavy atom. The van der Waals surface area contributed by atoms with Crippen molar-refractivity contribution in [3.8, 4) is 12.1 Å². The smallest absolute Gasteiger partial charge is 0.154 e. The van der Waals surface area contributed by atoms with E-state index in [-0.39, 0.29) is 0 Å². The van der Waals surface area contributed by atoms with Gasteiger partial charge in [0.15, 0.2) is 5.92 Å². The van der Waals surface area contributed by atoms with Crippen LogP contribution in [0.1, 0.15) is 6.92 Å². The molecule has 0 amide bonds. The van der Waals surface area contributed by atoms with Gasteiger partial charge in [-0.05, 0) is 24.2 Å². The zero-order valence-electron chi connectivity index (χ0n) is 5.96. The largest absolute Gasteiger partial charge is 0.197 e. The number of hydrogen-bond donors (Lipinski definition) is 0. The van der Waals surface area contributed by atoms with Crippen LogP contribution in [0, 0.1) is 28.6 Å². The predicted molar refractivity (Wildman–Crippen MR) is 42.0 cm³/mol. The van der Waals surface area contributed by atoms with Gasteiger partial charge in [0.2, 0.25) is 0 Å². The second kappa shape index (κ2) is 4.90. The lowest BCUT2D eigenvalue weighted by Gasteiger charge is -1.96. The summed E-state index contributed by atoms with van der Waals surface area (Å²) < 4.78 is 0. The van der Waals surface area contributed by atoms with E-state index in [0.717, 1.165) is 5.57 Å². The molecule has 3 heteroatoms. The van der Waals surface area contributed by atoms with Crippen molar-refractivity contribution in [2.45, 2.75) is 6.92 Å². The first-order valence-corrected chi connectivity index (χ1v) is 4.03. The minimum atomic E-state index is -0.576. The highest BCUT2D eigenvalue weighted by atomic mass is 32.2. The molecule has 0 saturated heterocycles. The van der Waals surface area contributed by atoms with Crippen molar-refractivity contribution in [3.05, 3.63) is 11.0 Å². The van der Waals surface area contributed by atoms with Crippen molar-refractivity contribution in [2.75, 3.05) is 6.26 Å². The van der Waals surface area contributed by atoms with E-state index in [2.05, 4.69) is 0 Å². The minimum absolute atomic E-state index is 0.576. The van der Waals surface area contributed by atoms with Gasteiger partial charge < -0.3 is 0 Å². The standard InChI is InChI=1S/C7H8N2S/c1-6(5-10-2)7(3-8)4-9/h5,7H,1-2H3. The maximum atomic E-state index is 8.40. The van der Waals surface area contributed by atoms with Crippen LogP contribution in [0.25, 0.3) is 0 Å². The van der Waals surface area contributed by atoms with Crippen LogP contribution in [-0.4, -0.2) is 6.26 Å². The van der Waals surface area contributed by atoms with E-state index in [1.165, 1.54) is 11.8 Å². The fraction of sp³-hybridized carbons (Fsp3) is 0.429. The lowest BCUT2D eigenvalue weighted by molar-refractivity contribution is 1.00. The first-order chi connectivity index (χ1) is 4.76. The lowest BCUT2D eigenvalue weighted by Crippen LogP contribution is -1.92. The second-order valence-corrected chi connectivity index (χ2v) is 2.50. The number of nitrogens with zero attached hydrogens (tertiary/aromatic N) is 2. The maximum absolute atomic E-state index is 8.40. The molecule has 2 nitrogen and oxygen atoms in total. The average molecular weight is 152 g/mol. The normalized spacial score (nSPS) is 10.7. The molecule has 0 fully saturated rings. The summed E-state index contributed by atoms with van der Waals surface area (Å²) in [6.07, 6.45) is 1.90. The molecule has 0 aliphatic heterocycles. The number of rotatable bonds is 2. The van der Waals surface area contributed by atoms with Gasteiger partial charge in [0.25, 0.3) is 0 Å². The quantitative estimate of drug-likeness (QED) is 0.607. The molecule has 0 rings (SSSR count). The Kier molecular flexibility index (Phi) is 4.45. The summed E-state index contributed by atoms with van der Waals surface area (Å²) in [4.78, 5) is 0. The van der Waals surface area contributed by atoms with Crippen LogP contribution >= 0.6 is 11.8 Å². The SMILES string of the molecule is CSC=C(C)C(C#N)C#N. The molecule has 0 spiro atoms. The van der Waals surface area contributed by atoms with Gasteiger partial charge in [-0.3, -0.25) is 0 Å². The van der Waals surface area contributed by atoms with E-state index in [9.17, 15) is 0 Å². The van der Waals surface area contributed by atoms with Crippen LogP contribution in [-0.2, 0) is 0 Å². The van der Waals surface area contributed by atoms with Crippen molar-refractivity contribution < 1.29 is 0 Å². The summed E-state index contributed by atoms with van der Waals surface area (Å²) in [5.41, 5.74) is 0.817. The van der Waals surface area contributed by atoms with Crippen molar-refractivity contribution in [3.63, 3.8) is 0 Å². The van der Waals surface area contributed by atoms with Gasteiger partial charge in [-0.2, -0.15) is 10.5 Å². The molecule has 0 aromatic heterocycles. The molecule has 0 atom stereocenters. The summed E-state index contributed by atoms with van der Waals surface area (Å²) >= 11 is 1.50. The third kappa shape index (κ3) is 2.57. The van der Waals surface area contributed by atoms with E-state index in [0.29, 0.717) is 0 Å². The van der Waals surface area contributed by atoms with Gasteiger partial charge in [0.05, 0.1) is 12.1 Å². The van der Waals surface area contributed by atoms with Crippen molar-refractivity contribution in [1.29, 1.82) is 10.5 Å². The third-order valence-electron chi connectivity index (χ3n) is 1.02. The highest BCUT2D eigenvalue weighted by Gasteiger charge is 2.05. The molecule has 0 unspecified atom stereocenters. The zero-order valence-corrected chi connectivity index (χ0v) is 6.77. The Balaban J connectivity index is 4.22. The molecule has 0 aromatic carbocycles. The van der Waals surface area contributed by atoms with Crippen molar-refractivity contribution in [1.82, 2.24) is 0 Å². The minimum Gasteiger partial charge on any atom is -0.197 e. The molecule has 0 bridgehead atoms. The second-order valence-electron chi connectivity index (χ2n) is 1.79. The van der Waals surface area contributed by atoms with E-state index < -0.39 is 5.92 Å². The summed E-state index contributed by atoms with van der Waals surface area (Å²) in [6.45, 7) is 1.79. The molecular formula is C7H8N2S. The van der Waals surface area contributed by atoms with Gasteiger partial charge in [-0.1, -0.05) is 0 Å². The van der Waals surface area contributed by atoms with Crippen LogP contribution in [0.3, 0.4) is 0 Å². The van der Waals surface area contributed by atoms with E-state index in [1.54, 1.807) is 6.92 Å². The number of allylic oxidation sites excluding steroid dienone is 1. The summed E-state index contributed by atoms with van der Waals surface area (Å²) in [6, 6.07) is 3.79. The molecule has 10 heavy (non-hydrogen) atoms. The van der Waals surface area contributed by atoms with E-state index >= 15 is 0 Å². The fourth-order valence-electron chi connectivity index (χ4n) is 0.486. The first kappa shape index (κ1) is 9.07.